The van der Waals surface area contributed by atoms with E-state index in [2.05, 4.69) is 51.4 Å². The molecule has 0 fully saturated rings. The van der Waals surface area contributed by atoms with Gasteiger partial charge in [-0.3, -0.25) is 28.8 Å². The number of nitrogen functional groups attached to an aromatic ring is 2. The quantitative estimate of drug-likeness (QED) is 0.0710. The summed E-state index contributed by atoms with van der Waals surface area (Å²) in [6, 6.07) is 16.4. The number of amides is 2. The Hall–Kier alpha value is -9.22. The lowest BCUT2D eigenvalue weighted by atomic mass is 10.1. The number of nitrogens with one attached hydrogen (secondary N) is 4. The van der Waals surface area contributed by atoms with Gasteiger partial charge < -0.3 is 42.9 Å². The van der Waals surface area contributed by atoms with E-state index in [1.54, 1.807) is 48.5 Å². The van der Waals surface area contributed by atoms with Crippen LogP contribution in [0.3, 0.4) is 0 Å². The zero-order chi connectivity index (χ0) is 42.8. The van der Waals surface area contributed by atoms with E-state index in [0.29, 0.717) is 22.5 Å². The number of anilines is 6. The first-order valence-corrected chi connectivity index (χ1v) is 17.1. The average molecular weight is 815 g/mol. The number of carboxylic acids is 2. The van der Waals surface area contributed by atoms with Crippen LogP contribution in [-0.2, 0) is 13.1 Å². The number of aromatic carboxylic acids is 2. The molecule has 4 aromatic heterocycles. The highest BCUT2D eigenvalue weighted by molar-refractivity contribution is 5.93. The molecule has 10 N–H and O–H groups in total. The van der Waals surface area contributed by atoms with Crippen LogP contribution in [0.15, 0.2) is 92.2 Å². The Morgan fingerprint density at radius 1 is 0.567 bits per heavy atom. The van der Waals surface area contributed by atoms with Crippen molar-refractivity contribution in [1.82, 2.24) is 49.8 Å². The van der Waals surface area contributed by atoms with Crippen LogP contribution in [0.2, 0.25) is 0 Å². The number of hydrogen-bond acceptors (Lipinski definition) is 18. The van der Waals surface area contributed by atoms with Gasteiger partial charge in [-0.2, -0.15) is 29.2 Å². The number of aromatic nitrogens is 8. The van der Waals surface area contributed by atoms with Crippen LogP contribution in [0.5, 0.6) is 0 Å². The second-order valence-corrected chi connectivity index (χ2v) is 12.5. The van der Waals surface area contributed by atoms with Crippen molar-refractivity contribution >= 4 is 69.2 Å². The van der Waals surface area contributed by atoms with E-state index in [-0.39, 0.29) is 58.8 Å². The molecule has 0 bridgehead atoms. The number of carbonyl (C=O) groups is 4. The average Bonchev–Trinajstić information content (AvgIpc) is 3.95. The normalized spacial score (nSPS) is 10.9. The second kappa shape index (κ2) is 15.7. The smallest absolute Gasteiger partial charge is 0.374 e. The van der Waals surface area contributed by atoms with Crippen molar-refractivity contribution in [2.75, 3.05) is 22.1 Å². The molecule has 4 aromatic carbocycles. The van der Waals surface area contributed by atoms with E-state index in [4.69, 9.17) is 16.6 Å². The Morgan fingerprint density at radius 3 is 1.52 bits per heavy atom. The van der Waals surface area contributed by atoms with E-state index in [1.807, 2.05) is 0 Å². The summed E-state index contributed by atoms with van der Waals surface area (Å²) in [7, 11) is 0. The summed E-state index contributed by atoms with van der Waals surface area (Å²) in [5, 5.41) is 36.9. The monoisotopic (exact) mass is 814 g/mol. The fourth-order valence-electron chi connectivity index (χ4n) is 5.53. The zero-order valence-electron chi connectivity index (χ0n) is 30.2. The molecule has 0 saturated carbocycles. The molecule has 0 aliphatic carbocycles. The first-order chi connectivity index (χ1) is 28.7. The molecule has 0 spiro atoms. The standard InChI is InChI=1S/2C18H13N7O5/c19-11-12(14(27)13(11)26)22-9-3-1-2-8(6-9)7-20-17(28)16-24-15(18(29)30)23-10-4-5-21-25(10)16;19-11-12(14(27)13(11)26)22-9-3-1-2-8(6-9)7-20-17(28)15-23-10-4-5-21-25(10)16(24-15)18(29)30/h2*1-6,22H,7,19H2,(H,20,28)(H,29,30). The highest BCUT2D eigenvalue weighted by Crippen LogP contribution is 2.20. The van der Waals surface area contributed by atoms with Crippen molar-refractivity contribution < 1.29 is 29.4 Å². The summed E-state index contributed by atoms with van der Waals surface area (Å²) in [6.45, 7) is 0.150. The maximum atomic E-state index is 12.6. The third-order valence-electron chi connectivity index (χ3n) is 8.49. The fraction of sp³-hybridized carbons (Fsp3) is 0.0556. The number of nitrogens with zero attached hydrogens (tertiary/aromatic N) is 8. The molecule has 0 aliphatic rings. The summed E-state index contributed by atoms with van der Waals surface area (Å²) < 4.78 is 2.15. The van der Waals surface area contributed by atoms with Crippen molar-refractivity contribution in [2.45, 2.75) is 13.1 Å². The van der Waals surface area contributed by atoms with Crippen LogP contribution in [0.25, 0.3) is 11.3 Å². The number of nitrogens with two attached hydrogens (primary N) is 2. The van der Waals surface area contributed by atoms with E-state index >= 15 is 0 Å². The maximum absolute atomic E-state index is 12.6. The molecule has 0 aliphatic heterocycles. The van der Waals surface area contributed by atoms with E-state index < -0.39 is 57.1 Å². The highest BCUT2D eigenvalue weighted by atomic mass is 16.4. The Bertz CT molecular complexity index is 3190. The van der Waals surface area contributed by atoms with Gasteiger partial charge >= 0.3 is 11.9 Å². The first kappa shape index (κ1) is 39.0. The van der Waals surface area contributed by atoms with Crippen LogP contribution in [-0.4, -0.2) is 73.1 Å². The van der Waals surface area contributed by atoms with Gasteiger partial charge in [0.15, 0.2) is 11.3 Å². The predicted octanol–water partition coefficient (Wildman–Crippen LogP) is -0.651. The first-order valence-electron chi connectivity index (χ1n) is 17.1. The largest absolute Gasteiger partial charge is 0.475 e. The van der Waals surface area contributed by atoms with E-state index in [9.17, 15) is 43.5 Å². The Labute approximate surface area is 331 Å². The Morgan fingerprint density at radius 2 is 1.03 bits per heavy atom. The predicted molar refractivity (Wildman–Crippen MR) is 209 cm³/mol. The summed E-state index contributed by atoms with van der Waals surface area (Å²) in [5.74, 6) is -5.55. The molecule has 8 rings (SSSR count). The Kier molecular flexibility index (Phi) is 10.2. The van der Waals surface area contributed by atoms with E-state index in [1.165, 1.54) is 24.5 Å². The number of fused-ring (bicyclic) bond motifs is 2. The topological polar surface area (TPSA) is 363 Å². The minimum absolute atomic E-state index is 0.0319. The van der Waals surface area contributed by atoms with Gasteiger partial charge in [-0.15, -0.1) is 0 Å². The van der Waals surface area contributed by atoms with Crippen LogP contribution < -0.4 is 54.4 Å². The highest BCUT2D eigenvalue weighted by Gasteiger charge is 2.22. The molecule has 2 amide bonds. The van der Waals surface area contributed by atoms with E-state index in [0.717, 1.165) is 9.03 Å². The number of carboxylic acid groups (broad SMARTS) is 2. The van der Waals surface area contributed by atoms with Gasteiger partial charge in [0.2, 0.25) is 23.3 Å². The van der Waals surface area contributed by atoms with Crippen molar-refractivity contribution in [3.63, 3.8) is 0 Å². The summed E-state index contributed by atoms with van der Waals surface area (Å²) >= 11 is 0. The van der Waals surface area contributed by atoms with Gasteiger partial charge in [0, 0.05) is 36.6 Å². The summed E-state index contributed by atoms with van der Waals surface area (Å²) in [4.78, 5) is 108. The Balaban J connectivity index is 0.000000181. The summed E-state index contributed by atoms with van der Waals surface area (Å²) in [6.07, 6.45) is 2.72. The molecule has 60 heavy (non-hydrogen) atoms. The molecule has 8 aromatic rings. The molecule has 0 saturated heterocycles. The minimum atomic E-state index is -1.37. The minimum Gasteiger partial charge on any atom is -0.475 e. The molecule has 300 valence electrons. The fourth-order valence-corrected chi connectivity index (χ4v) is 5.53. The van der Waals surface area contributed by atoms with Crippen molar-refractivity contribution in [3.05, 3.63) is 148 Å². The molecule has 0 atom stereocenters. The van der Waals surface area contributed by atoms with Gasteiger partial charge in [0.05, 0.1) is 12.4 Å². The molecular formula is C36H26N14O10. The van der Waals surface area contributed by atoms with Crippen molar-refractivity contribution in [1.29, 1.82) is 0 Å². The lowest BCUT2D eigenvalue weighted by molar-refractivity contribution is 0.0670. The molecule has 24 nitrogen and oxygen atoms in total. The number of rotatable bonds is 12. The van der Waals surface area contributed by atoms with Crippen molar-refractivity contribution in [3.8, 4) is 0 Å². The molecule has 0 unspecified atom stereocenters. The lowest BCUT2D eigenvalue weighted by Crippen LogP contribution is -2.36. The van der Waals surface area contributed by atoms with Gasteiger partial charge in [-0.25, -0.2) is 19.6 Å². The second-order valence-electron chi connectivity index (χ2n) is 12.5. The van der Waals surface area contributed by atoms with Gasteiger partial charge in [0.1, 0.15) is 22.7 Å². The SMILES string of the molecule is Nc1c(Nc2cccc(CNC(=O)c3nc(C(=O)O)n4nccc4n3)c2)c(=O)c1=O.Nc1c(Nc2cccc(CNC(=O)c3nc(C(=O)O)nc4ccnn34)c2)c(=O)c1=O. The van der Waals surface area contributed by atoms with Gasteiger partial charge in [-0.1, -0.05) is 24.3 Å². The summed E-state index contributed by atoms with van der Waals surface area (Å²) in [5.41, 5.74) is 10.7. The van der Waals surface area contributed by atoms with Crippen molar-refractivity contribution in [2.24, 2.45) is 0 Å². The molecule has 4 heterocycles. The molecule has 0 radical (unpaired) electrons. The van der Waals surface area contributed by atoms with Gasteiger partial charge in [-0.05, 0) is 35.4 Å². The van der Waals surface area contributed by atoms with Crippen LogP contribution in [0, 0.1) is 0 Å². The maximum Gasteiger partial charge on any atom is 0.374 e. The van der Waals surface area contributed by atoms with Crippen LogP contribution >= 0.6 is 0 Å². The van der Waals surface area contributed by atoms with Crippen LogP contribution in [0.1, 0.15) is 53.6 Å². The molecular weight excluding hydrogens is 788 g/mol. The third-order valence-corrected chi connectivity index (χ3v) is 8.49. The number of benzene rings is 2. The van der Waals surface area contributed by atoms with Crippen LogP contribution in [0.4, 0.5) is 34.1 Å². The zero-order valence-corrected chi connectivity index (χ0v) is 30.2. The lowest BCUT2D eigenvalue weighted by Gasteiger charge is -2.11. The third kappa shape index (κ3) is 7.63. The van der Waals surface area contributed by atoms with Gasteiger partial charge in [0.25, 0.3) is 33.5 Å². The number of carbonyl (C=O) groups excluding carboxylic acids is 2. The number of hydrogen-bond donors (Lipinski definition) is 8. The molecule has 24 heteroatoms.